The second kappa shape index (κ2) is 9.48. The van der Waals surface area contributed by atoms with Gasteiger partial charge in [0, 0.05) is 25.0 Å². The number of benzene rings is 1. The van der Waals surface area contributed by atoms with Crippen LogP contribution in [-0.2, 0) is 22.0 Å². The Morgan fingerprint density at radius 1 is 1.13 bits per heavy atom. The average Bonchev–Trinajstić information content (AvgIpc) is 3.15. The van der Waals surface area contributed by atoms with Gasteiger partial charge >= 0.3 is 0 Å². The highest BCUT2D eigenvalue weighted by Gasteiger charge is 2.25. The van der Waals surface area contributed by atoms with Crippen LogP contribution in [0, 0.1) is 5.82 Å². The zero-order chi connectivity index (χ0) is 22.6. The van der Waals surface area contributed by atoms with E-state index in [2.05, 4.69) is 10.4 Å². The fourth-order valence-corrected chi connectivity index (χ4v) is 4.94. The van der Waals surface area contributed by atoms with Crippen molar-refractivity contribution in [2.75, 3.05) is 25.4 Å². The fraction of sp³-hybridized carbons (Fsp3) is 0.545. The first kappa shape index (κ1) is 23.4. The lowest BCUT2D eigenvalue weighted by Crippen LogP contribution is -2.40. The maximum Gasteiger partial charge on any atom is 0.269 e. The molecule has 31 heavy (non-hydrogen) atoms. The van der Waals surface area contributed by atoms with Gasteiger partial charge in [-0.1, -0.05) is 39.3 Å². The number of piperidine rings is 1. The molecular weight excluding hydrogens is 419 g/mol. The Hall–Kier alpha value is -2.26. The van der Waals surface area contributed by atoms with Crippen LogP contribution < -0.4 is 5.32 Å². The summed E-state index contributed by atoms with van der Waals surface area (Å²) >= 11 is 0. The van der Waals surface area contributed by atoms with Gasteiger partial charge in [-0.3, -0.25) is 9.48 Å². The summed E-state index contributed by atoms with van der Waals surface area (Å²) in [6.07, 6.45) is 2.81. The zero-order valence-corrected chi connectivity index (χ0v) is 19.2. The number of carbonyl (C=O) groups excluding carboxylic acids is 1. The summed E-state index contributed by atoms with van der Waals surface area (Å²) in [4.78, 5) is 12.9. The molecule has 3 rings (SSSR count). The molecule has 9 heteroatoms. The molecule has 0 saturated carbocycles. The minimum absolute atomic E-state index is 0.0320. The molecule has 2 heterocycles. The molecule has 1 N–H and O–H groups in total. The van der Waals surface area contributed by atoms with E-state index < -0.39 is 10.0 Å². The lowest BCUT2D eigenvalue weighted by Gasteiger charge is -2.25. The highest BCUT2D eigenvalue weighted by atomic mass is 32.2. The van der Waals surface area contributed by atoms with Gasteiger partial charge in [0.05, 0.1) is 18.0 Å². The van der Waals surface area contributed by atoms with E-state index in [1.165, 1.54) is 16.4 Å². The second-order valence-corrected chi connectivity index (χ2v) is 11.1. The summed E-state index contributed by atoms with van der Waals surface area (Å²) in [5.41, 5.74) is 1.65. The molecule has 1 fully saturated rings. The Bertz CT molecular complexity index is 1000. The number of aromatic nitrogens is 2. The van der Waals surface area contributed by atoms with Crippen molar-refractivity contribution < 1.29 is 17.6 Å². The Morgan fingerprint density at radius 2 is 1.77 bits per heavy atom. The Morgan fingerprint density at radius 3 is 2.39 bits per heavy atom. The second-order valence-electron chi connectivity index (χ2n) is 8.98. The first-order chi connectivity index (χ1) is 14.6. The van der Waals surface area contributed by atoms with Crippen LogP contribution in [-0.4, -0.2) is 53.8 Å². The lowest BCUT2D eigenvalue weighted by atomic mass is 9.92. The van der Waals surface area contributed by atoms with Crippen LogP contribution in [0.5, 0.6) is 0 Å². The van der Waals surface area contributed by atoms with Gasteiger partial charge in [-0.05, 0) is 36.6 Å². The van der Waals surface area contributed by atoms with E-state index in [1.54, 1.807) is 22.9 Å². The number of hydrogen-bond donors (Lipinski definition) is 1. The lowest BCUT2D eigenvalue weighted by molar-refractivity contribution is 0.0945. The van der Waals surface area contributed by atoms with Crippen LogP contribution in [0.4, 0.5) is 4.39 Å². The standard InChI is InChI=1S/C22H31FN4O3S/c1-22(2,3)20-15-19(27(25-20)16-17-7-9-18(23)10-8-17)21(28)24-11-14-31(29,30)26-12-5-4-6-13-26/h7-10,15H,4-6,11-14,16H2,1-3H3,(H,24,28). The Labute approximate surface area is 183 Å². The van der Waals surface area contributed by atoms with Gasteiger partial charge < -0.3 is 5.32 Å². The molecule has 0 atom stereocenters. The minimum atomic E-state index is -3.38. The van der Waals surface area contributed by atoms with Gasteiger partial charge in [0.25, 0.3) is 5.91 Å². The number of rotatable bonds is 7. The fourth-order valence-electron chi connectivity index (χ4n) is 3.51. The highest BCUT2D eigenvalue weighted by molar-refractivity contribution is 7.89. The van der Waals surface area contributed by atoms with Crippen molar-refractivity contribution in [1.29, 1.82) is 0 Å². The molecule has 0 bridgehead atoms. The SMILES string of the molecule is CC(C)(C)c1cc(C(=O)NCCS(=O)(=O)N2CCCCC2)n(Cc2ccc(F)cc2)n1. The van der Waals surface area contributed by atoms with Gasteiger partial charge in [-0.25, -0.2) is 17.1 Å². The third kappa shape index (κ3) is 6.13. The van der Waals surface area contributed by atoms with Crippen LogP contribution in [0.1, 0.15) is 61.8 Å². The summed E-state index contributed by atoms with van der Waals surface area (Å²) in [6, 6.07) is 7.78. The molecular formula is C22H31FN4O3S. The van der Waals surface area contributed by atoms with Gasteiger partial charge in [0.1, 0.15) is 11.5 Å². The van der Waals surface area contributed by atoms with Crippen LogP contribution in [0.15, 0.2) is 30.3 Å². The van der Waals surface area contributed by atoms with E-state index in [9.17, 15) is 17.6 Å². The summed E-state index contributed by atoms with van der Waals surface area (Å²) in [5.74, 6) is -0.830. The topological polar surface area (TPSA) is 84.3 Å². The van der Waals surface area contributed by atoms with E-state index in [4.69, 9.17) is 0 Å². The van der Waals surface area contributed by atoms with E-state index in [0.29, 0.717) is 25.3 Å². The smallest absolute Gasteiger partial charge is 0.269 e. The largest absolute Gasteiger partial charge is 0.350 e. The molecule has 1 aromatic carbocycles. The number of carbonyl (C=O) groups is 1. The van der Waals surface area contributed by atoms with E-state index >= 15 is 0 Å². The third-order valence-corrected chi connectivity index (χ3v) is 7.25. The maximum atomic E-state index is 13.2. The molecule has 0 unspecified atom stereocenters. The van der Waals surface area contributed by atoms with Crippen molar-refractivity contribution in [3.05, 3.63) is 53.1 Å². The quantitative estimate of drug-likeness (QED) is 0.703. The molecule has 7 nitrogen and oxygen atoms in total. The van der Waals surface area contributed by atoms with Crippen molar-refractivity contribution in [2.45, 2.75) is 52.0 Å². The normalized spacial score (nSPS) is 15.7. The predicted octanol–water partition coefficient (Wildman–Crippen LogP) is 2.91. The molecule has 1 saturated heterocycles. The van der Waals surface area contributed by atoms with Crippen molar-refractivity contribution in [3.63, 3.8) is 0 Å². The zero-order valence-electron chi connectivity index (χ0n) is 18.4. The first-order valence-corrected chi connectivity index (χ1v) is 12.3. The first-order valence-electron chi connectivity index (χ1n) is 10.6. The number of nitrogens with one attached hydrogen (secondary N) is 1. The van der Waals surface area contributed by atoms with E-state index in [0.717, 1.165) is 30.5 Å². The summed E-state index contributed by atoms with van der Waals surface area (Å²) in [7, 11) is -3.38. The molecule has 0 radical (unpaired) electrons. The summed E-state index contributed by atoms with van der Waals surface area (Å²) in [5, 5.41) is 7.31. The molecule has 1 aliphatic rings. The van der Waals surface area contributed by atoms with E-state index in [1.807, 2.05) is 20.8 Å². The van der Waals surface area contributed by atoms with Crippen LogP contribution in [0.25, 0.3) is 0 Å². The Balaban J connectivity index is 1.71. The van der Waals surface area contributed by atoms with Crippen molar-refractivity contribution in [2.24, 2.45) is 0 Å². The highest BCUT2D eigenvalue weighted by Crippen LogP contribution is 2.22. The molecule has 0 aliphatic carbocycles. The number of hydrogen-bond acceptors (Lipinski definition) is 4. The maximum absolute atomic E-state index is 13.2. The van der Waals surface area contributed by atoms with Crippen LogP contribution in [0.2, 0.25) is 0 Å². The summed E-state index contributed by atoms with van der Waals surface area (Å²) < 4.78 is 41.3. The number of sulfonamides is 1. The van der Waals surface area contributed by atoms with Gasteiger partial charge in [-0.2, -0.15) is 5.10 Å². The van der Waals surface area contributed by atoms with Crippen molar-refractivity contribution >= 4 is 15.9 Å². The third-order valence-electron chi connectivity index (χ3n) is 5.38. The number of amides is 1. The van der Waals surface area contributed by atoms with E-state index in [-0.39, 0.29) is 29.4 Å². The number of halogens is 1. The molecule has 1 aromatic heterocycles. The monoisotopic (exact) mass is 450 g/mol. The van der Waals surface area contributed by atoms with Crippen LogP contribution in [0.3, 0.4) is 0 Å². The molecule has 0 spiro atoms. The molecule has 2 aromatic rings. The average molecular weight is 451 g/mol. The Kier molecular flexibility index (Phi) is 7.16. The molecule has 1 amide bonds. The number of nitrogens with zero attached hydrogens (tertiary/aromatic N) is 3. The van der Waals surface area contributed by atoms with Gasteiger partial charge in [0.15, 0.2) is 0 Å². The predicted molar refractivity (Wildman–Crippen MR) is 118 cm³/mol. The van der Waals surface area contributed by atoms with Gasteiger partial charge in [-0.15, -0.1) is 0 Å². The minimum Gasteiger partial charge on any atom is -0.350 e. The van der Waals surface area contributed by atoms with Gasteiger partial charge in [0.2, 0.25) is 10.0 Å². The molecule has 1 aliphatic heterocycles. The molecule has 170 valence electrons. The van der Waals surface area contributed by atoms with Crippen molar-refractivity contribution in [1.82, 2.24) is 19.4 Å². The van der Waals surface area contributed by atoms with Crippen molar-refractivity contribution in [3.8, 4) is 0 Å². The summed E-state index contributed by atoms with van der Waals surface area (Å²) in [6.45, 7) is 7.46. The van der Waals surface area contributed by atoms with Crippen LogP contribution >= 0.6 is 0 Å².